The molecular formula is C14H20N2O2. The molecule has 1 heterocycles. The highest BCUT2D eigenvalue weighted by Gasteiger charge is 2.24. The molecule has 0 radical (unpaired) electrons. The Balaban J connectivity index is 2.17. The van der Waals surface area contributed by atoms with Gasteiger partial charge in [0.25, 0.3) is 5.91 Å². The van der Waals surface area contributed by atoms with Crippen LogP contribution in [0.5, 0.6) is 5.75 Å². The van der Waals surface area contributed by atoms with E-state index in [1.807, 2.05) is 7.05 Å². The van der Waals surface area contributed by atoms with Crippen molar-refractivity contribution in [1.29, 1.82) is 0 Å². The summed E-state index contributed by atoms with van der Waals surface area (Å²) in [6.45, 7) is 3.65. The molecule has 2 rings (SSSR count). The van der Waals surface area contributed by atoms with Crippen molar-refractivity contribution < 1.29 is 9.90 Å². The van der Waals surface area contributed by atoms with Gasteiger partial charge in [-0.2, -0.15) is 0 Å². The molecule has 1 fully saturated rings. The van der Waals surface area contributed by atoms with Gasteiger partial charge in [-0.3, -0.25) is 4.79 Å². The first-order valence-electron chi connectivity index (χ1n) is 6.37. The van der Waals surface area contributed by atoms with Gasteiger partial charge in [0.1, 0.15) is 5.75 Å². The van der Waals surface area contributed by atoms with Crippen LogP contribution in [-0.4, -0.2) is 42.1 Å². The zero-order valence-corrected chi connectivity index (χ0v) is 10.9. The van der Waals surface area contributed by atoms with Crippen LogP contribution < -0.4 is 5.32 Å². The monoisotopic (exact) mass is 248 g/mol. The fraction of sp³-hybridized carbons (Fsp3) is 0.500. The van der Waals surface area contributed by atoms with Crippen molar-refractivity contribution in [3.63, 3.8) is 0 Å². The van der Waals surface area contributed by atoms with Crippen LogP contribution >= 0.6 is 0 Å². The van der Waals surface area contributed by atoms with Crippen LogP contribution in [0.25, 0.3) is 0 Å². The van der Waals surface area contributed by atoms with E-state index in [1.165, 1.54) is 0 Å². The van der Waals surface area contributed by atoms with Gasteiger partial charge in [-0.15, -0.1) is 0 Å². The lowest BCUT2D eigenvalue weighted by Gasteiger charge is -2.32. The van der Waals surface area contributed by atoms with Gasteiger partial charge in [0.05, 0.1) is 5.56 Å². The zero-order chi connectivity index (χ0) is 13.1. The number of nitrogens with zero attached hydrogens (tertiary/aromatic N) is 1. The number of benzene rings is 1. The number of piperidine rings is 1. The van der Waals surface area contributed by atoms with E-state index in [0.717, 1.165) is 31.5 Å². The Morgan fingerprint density at radius 2 is 2.28 bits per heavy atom. The number of carbonyl (C=O) groups excluding carboxylic acids is 1. The van der Waals surface area contributed by atoms with E-state index in [9.17, 15) is 9.90 Å². The van der Waals surface area contributed by atoms with Gasteiger partial charge in [0.15, 0.2) is 0 Å². The van der Waals surface area contributed by atoms with Crippen LogP contribution in [0.3, 0.4) is 0 Å². The lowest BCUT2D eigenvalue weighted by atomic mass is 10.0. The molecule has 0 aromatic heterocycles. The van der Waals surface area contributed by atoms with Crippen molar-refractivity contribution in [2.75, 3.05) is 20.1 Å². The Morgan fingerprint density at radius 3 is 2.94 bits per heavy atom. The normalized spacial score (nSPS) is 19.6. The van der Waals surface area contributed by atoms with Gasteiger partial charge >= 0.3 is 0 Å². The van der Waals surface area contributed by atoms with Crippen molar-refractivity contribution in [1.82, 2.24) is 10.2 Å². The van der Waals surface area contributed by atoms with Crippen molar-refractivity contribution in [3.8, 4) is 5.75 Å². The summed E-state index contributed by atoms with van der Waals surface area (Å²) in [5.41, 5.74) is 1.12. The number of amides is 1. The number of aryl methyl sites for hydroxylation is 1. The fourth-order valence-corrected chi connectivity index (χ4v) is 2.35. The summed E-state index contributed by atoms with van der Waals surface area (Å²) in [7, 11) is 1.81. The highest BCUT2D eigenvalue weighted by molar-refractivity contribution is 5.97. The van der Waals surface area contributed by atoms with E-state index in [1.54, 1.807) is 30.0 Å². The molecule has 0 spiro atoms. The van der Waals surface area contributed by atoms with Crippen molar-refractivity contribution in [2.45, 2.75) is 25.8 Å². The third-order valence-corrected chi connectivity index (χ3v) is 3.61. The van der Waals surface area contributed by atoms with Crippen LogP contribution in [0.4, 0.5) is 0 Å². The quantitative estimate of drug-likeness (QED) is 0.834. The standard InChI is InChI=1S/C14H20N2O2/c1-10-5-3-7-12(13(10)17)14(18)16(2)11-6-4-8-15-9-11/h3,5,7,11,15,17H,4,6,8-9H2,1-2H3. The van der Waals surface area contributed by atoms with Gasteiger partial charge in [0.2, 0.25) is 0 Å². The number of aromatic hydroxyl groups is 1. The van der Waals surface area contributed by atoms with Crippen molar-refractivity contribution in [3.05, 3.63) is 29.3 Å². The third kappa shape index (κ3) is 2.48. The maximum Gasteiger partial charge on any atom is 0.257 e. The first kappa shape index (κ1) is 12.9. The molecule has 0 saturated carbocycles. The molecule has 1 amide bonds. The molecule has 1 atom stereocenters. The average molecular weight is 248 g/mol. The van der Waals surface area contributed by atoms with Crippen LogP contribution in [0.1, 0.15) is 28.8 Å². The Bertz CT molecular complexity index is 439. The molecule has 98 valence electrons. The first-order valence-corrected chi connectivity index (χ1v) is 6.37. The second-order valence-electron chi connectivity index (χ2n) is 4.89. The van der Waals surface area contributed by atoms with E-state index in [2.05, 4.69) is 5.32 Å². The van der Waals surface area contributed by atoms with Crippen LogP contribution in [-0.2, 0) is 0 Å². The SMILES string of the molecule is Cc1cccc(C(=O)N(C)C2CCCNC2)c1O. The molecule has 1 unspecified atom stereocenters. The average Bonchev–Trinajstić information content (AvgIpc) is 2.41. The number of nitrogens with one attached hydrogen (secondary N) is 1. The number of carbonyl (C=O) groups is 1. The minimum absolute atomic E-state index is 0.0955. The summed E-state index contributed by atoms with van der Waals surface area (Å²) in [6, 6.07) is 5.49. The van der Waals surface area contributed by atoms with Gasteiger partial charge in [-0.1, -0.05) is 12.1 Å². The number of hydrogen-bond donors (Lipinski definition) is 2. The van der Waals surface area contributed by atoms with E-state index in [-0.39, 0.29) is 17.7 Å². The molecular weight excluding hydrogens is 228 g/mol. The van der Waals surface area contributed by atoms with E-state index < -0.39 is 0 Å². The number of hydrogen-bond acceptors (Lipinski definition) is 3. The van der Waals surface area contributed by atoms with Crippen LogP contribution in [0.2, 0.25) is 0 Å². The predicted octanol–water partition coefficient (Wildman–Crippen LogP) is 1.52. The molecule has 1 aromatic rings. The molecule has 4 nitrogen and oxygen atoms in total. The number of rotatable bonds is 2. The number of para-hydroxylation sites is 1. The molecule has 1 aliphatic heterocycles. The number of phenolic OH excluding ortho intramolecular Hbond substituents is 1. The second kappa shape index (κ2) is 5.40. The zero-order valence-electron chi connectivity index (χ0n) is 10.9. The first-order chi connectivity index (χ1) is 8.61. The van der Waals surface area contributed by atoms with E-state index >= 15 is 0 Å². The summed E-state index contributed by atoms with van der Waals surface area (Å²) < 4.78 is 0. The molecule has 1 aromatic carbocycles. The maximum absolute atomic E-state index is 12.4. The summed E-state index contributed by atoms with van der Waals surface area (Å²) in [5, 5.41) is 13.2. The summed E-state index contributed by atoms with van der Waals surface area (Å²) in [4.78, 5) is 14.1. The minimum atomic E-state index is -0.107. The highest BCUT2D eigenvalue weighted by Crippen LogP contribution is 2.23. The Kier molecular flexibility index (Phi) is 3.87. The van der Waals surface area contributed by atoms with Crippen LogP contribution in [0, 0.1) is 6.92 Å². The molecule has 18 heavy (non-hydrogen) atoms. The predicted molar refractivity (Wildman–Crippen MR) is 70.8 cm³/mol. The van der Waals surface area contributed by atoms with Crippen LogP contribution in [0.15, 0.2) is 18.2 Å². The Morgan fingerprint density at radius 1 is 1.50 bits per heavy atom. The van der Waals surface area contributed by atoms with Gasteiger partial charge in [0, 0.05) is 19.6 Å². The lowest BCUT2D eigenvalue weighted by molar-refractivity contribution is 0.0705. The highest BCUT2D eigenvalue weighted by atomic mass is 16.3. The number of likely N-dealkylation sites (N-methyl/N-ethyl adjacent to an activating group) is 1. The van der Waals surface area contributed by atoms with E-state index in [0.29, 0.717) is 5.56 Å². The lowest BCUT2D eigenvalue weighted by Crippen LogP contribution is -2.46. The van der Waals surface area contributed by atoms with Gasteiger partial charge < -0.3 is 15.3 Å². The second-order valence-corrected chi connectivity index (χ2v) is 4.89. The third-order valence-electron chi connectivity index (χ3n) is 3.61. The molecule has 0 aliphatic carbocycles. The summed E-state index contributed by atoms with van der Waals surface area (Å²) >= 11 is 0. The smallest absolute Gasteiger partial charge is 0.257 e. The summed E-state index contributed by atoms with van der Waals surface area (Å²) in [6.07, 6.45) is 2.10. The van der Waals surface area contributed by atoms with Gasteiger partial charge in [-0.05, 0) is 37.9 Å². The Labute approximate surface area is 108 Å². The maximum atomic E-state index is 12.4. The number of phenols is 1. The molecule has 4 heteroatoms. The summed E-state index contributed by atoms with van der Waals surface area (Å²) in [5.74, 6) is -0.0111. The van der Waals surface area contributed by atoms with Crippen molar-refractivity contribution >= 4 is 5.91 Å². The van der Waals surface area contributed by atoms with Gasteiger partial charge in [-0.25, -0.2) is 0 Å². The topological polar surface area (TPSA) is 52.6 Å². The molecule has 0 bridgehead atoms. The molecule has 2 N–H and O–H groups in total. The minimum Gasteiger partial charge on any atom is -0.507 e. The van der Waals surface area contributed by atoms with Crippen molar-refractivity contribution in [2.24, 2.45) is 0 Å². The van der Waals surface area contributed by atoms with E-state index in [4.69, 9.17) is 0 Å². The molecule has 1 aliphatic rings. The fourth-order valence-electron chi connectivity index (χ4n) is 2.35. The largest absolute Gasteiger partial charge is 0.507 e. The Hall–Kier alpha value is -1.55. The molecule has 1 saturated heterocycles.